The van der Waals surface area contributed by atoms with E-state index in [0.29, 0.717) is 0 Å². The molecule has 1 N–H and O–H groups in total. The molecular weight excluding hydrogens is 367 g/mol. The van der Waals surface area contributed by atoms with E-state index in [9.17, 15) is 4.79 Å². The maximum absolute atomic E-state index is 12.0. The Hall–Kier alpha value is -0.530. The Morgan fingerprint density at radius 3 is 2.50 bits per heavy atom. The van der Waals surface area contributed by atoms with Crippen LogP contribution in [0.15, 0.2) is 4.99 Å². The lowest BCUT2D eigenvalue weighted by molar-refractivity contribution is -0.128. The third kappa shape index (κ3) is 6.76. The van der Waals surface area contributed by atoms with E-state index in [4.69, 9.17) is 0 Å². The maximum atomic E-state index is 12.0. The van der Waals surface area contributed by atoms with Gasteiger partial charge in [-0.3, -0.25) is 4.79 Å². The van der Waals surface area contributed by atoms with E-state index in [-0.39, 0.29) is 36.4 Å². The van der Waals surface area contributed by atoms with Crippen LogP contribution in [0, 0.1) is 0 Å². The van der Waals surface area contributed by atoms with Gasteiger partial charge < -0.3 is 15.1 Å². The van der Waals surface area contributed by atoms with Crippen molar-refractivity contribution in [1.29, 1.82) is 0 Å². The van der Waals surface area contributed by atoms with Gasteiger partial charge in [-0.25, -0.2) is 4.99 Å². The minimum atomic E-state index is 0. The van der Waals surface area contributed by atoms with E-state index in [0.717, 1.165) is 57.8 Å². The minimum absolute atomic E-state index is 0. The number of carbonyl (C=O) groups excluding carboxylic acids is 1. The molecule has 20 heavy (non-hydrogen) atoms. The quantitative estimate of drug-likeness (QED) is 0.424. The zero-order valence-corrected chi connectivity index (χ0v) is 15.4. The first kappa shape index (κ1) is 19.5. The van der Waals surface area contributed by atoms with E-state index in [2.05, 4.69) is 22.1 Å². The van der Waals surface area contributed by atoms with E-state index in [1.165, 1.54) is 0 Å². The molecule has 0 aromatic rings. The number of aliphatic imine (C=N–C) groups is 1. The average Bonchev–Trinajstić information content (AvgIpc) is 2.94. The number of amides is 1. The lowest BCUT2D eigenvalue weighted by Gasteiger charge is -2.22. The minimum Gasteiger partial charge on any atom is -0.357 e. The first-order chi connectivity index (χ1) is 9.19. The number of nitrogens with one attached hydrogen (secondary N) is 1. The highest BCUT2D eigenvalue weighted by Crippen LogP contribution is 2.07. The number of nitrogens with zero attached hydrogens (tertiary/aromatic N) is 3. The van der Waals surface area contributed by atoms with Crippen molar-refractivity contribution in [3.05, 3.63) is 0 Å². The summed E-state index contributed by atoms with van der Waals surface area (Å²) in [4.78, 5) is 20.4. The van der Waals surface area contributed by atoms with Gasteiger partial charge in [0.15, 0.2) is 5.96 Å². The molecule has 0 atom stereocenters. The molecule has 0 aliphatic carbocycles. The Balaban J connectivity index is 0.00000361. The number of rotatable bonds is 6. The summed E-state index contributed by atoms with van der Waals surface area (Å²) in [5, 5.41) is 3.24. The fourth-order valence-electron chi connectivity index (χ4n) is 2.18. The second-order valence-corrected chi connectivity index (χ2v) is 5.03. The highest BCUT2D eigenvalue weighted by molar-refractivity contribution is 14.0. The number of hydrogen-bond donors (Lipinski definition) is 1. The van der Waals surface area contributed by atoms with Crippen molar-refractivity contribution in [2.75, 3.05) is 39.8 Å². The lowest BCUT2D eigenvalue weighted by Crippen LogP contribution is -2.40. The Morgan fingerprint density at radius 1 is 1.30 bits per heavy atom. The first-order valence-corrected chi connectivity index (χ1v) is 7.46. The predicted molar refractivity (Wildman–Crippen MR) is 94.7 cm³/mol. The molecule has 0 unspecified atom stereocenters. The summed E-state index contributed by atoms with van der Waals surface area (Å²) in [6.45, 7) is 8.08. The van der Waals surface area contributed by atoms with Gasteiger partial charge in [-0.1, -0.05) is 13.3 Å². The summed E-state index contributed by atoms with van der Waals surface area (Å²) in [6.07, 6.45) is 4.56. The molecule has 0 saturated carbocycles. The Labute approximate surface area is 140 Å². The number of hydrogen-bond acceptors (Lipinski definition) is 2. The van der Waals surface area contributed by atoms with Crippen LogP contribution in [0.5, 0.6) is 0 Å². The lowest BCUT2D eigenvalue weighted by atomic mass is 10.3. The van der Waals surface area contributed by atoms with Gasteiger partial charge in [0.05, 0.1) is 0 Å². The highest BCUT2D eigenvalue weighted by atomic mass is 127. The summed E-state index contributed by atoms with van der Waals surface area (Å²) >= 11 is 0. The molecule has 0 aromatic carbocycles. The summed E-state index contributed by atoms with van der Waals surface area (Å²) in [6, 6.07) is 0. The van der Waals surface area contributed by atoms with Crippen LogP contribution in [0.3, 0.4) is 0 Å². The molecular formula is C14H29IN4O. The molecule has 1 aliphatic rings. The SMILES string of the molecule is CCCCN(C)C(=NCC(=O)N1CCCC1)NCC.I. The van der Waals surface area contributed by atoms with Crippen LogP contribution >= 0.6 is 24.0 Å². The third-order valence-corrected chi connectivity index (χ3v) is 3.37. The van der Waals surface area contributed by atoms with Gasteiger partial charge in [0.25, 0.3) is 0 Å². The zero-order valence-electron chi connectivity index (χ0n) is 13.0. The predicted octanol–water partition coefficient (Wildman–Crippen LogP) is 1.92. The van der Waals surface area contributed by atoms with Crippen molar-refractivity contribution >= 4 is 35.8 Å². The maximum Gasteiger partial charge on any atom is 0.244 e. The van der Waals surface area contributed by atoms with E-state index in [1.807, 2.05) is 18.9 Å². The van der Waals surface area contributed by atoms with E-state index >= 15 is 0 Å². The van der Waals surface area contributed by atoms with Crippen LogP contribution < -0.4 is 5.32 Å². The summed E-state index contributed by atoms with van der Waals surface area (Å²) in [5.41, 5.74) is 0. The van der Waals surface area contributed by atoms with Crippen LogP contribution in [-0.2, 0) is 4.79 Å². The molecule has 1 aliphatic heterocycles. The van der Waals surface area contributed by atoms with Crippen LogP contribution in [0.4, 0.5) is 0 Å². The number of halogens is 1. The van der Waals surface area contributed by atoms with Crippen molar-refractivity contribution in [3.8, 4) is 0 Å². The molecule has 0 spiro atoms. The molecule has 0 radical (unpaired) electrons. The fraction of sp³-hybridized carbons (Fsp3) is 0.857. The summed E-state index contributed by atoms with van der Waals surface area (Å²) in [7, 11) is 2.03. The van der Waals surface area contributed by atoms with Gasteiger partial charge in [-0.15, -0.1) is 24.0 Å². The number of carbonyl (C=O) groups is 1. The monoisotopic (exact) mass is 396 g/mol. The average molecular weight is 396 g/mol. The number of likely N-dealkylation sites (tertiary alicyclic amines) is 1. The molecule has 1 fully saturated rings. The normalized spacial score (nSPS) is 14.9. The number of unbranched alkanes of at least 4 members (excludes halogenated alkanes) is 1. The molecule has 0 aromatic heterocycles. The van der Waals surface area contributed by atoms with Gasteiger partial charge in [0.1, 0.15) is 6.54 Å². The van der Waals surface area contributed by atoms with Crippen LogP contribution in [-0.4, -0.2) is 61.4 Å². The van der Waals surface area contributed by atoms with Gasteiger partial charge in [0, 0.05) is 33.2 Å². The second-order valence-electron chi connectivity index (χ2n) is 5.03. The molecule has 6 heteroatoms. The van der Waals surface area contributed by atoms with Crippen molar-refractivity contribution < 1.29 is 4.79 Å². The standard InChI is InChI=1S/C14H28N4O.HI/c1-4-6-9-17(3)14(15-5-2)16-12-13(19)18-10-7-8-11-18;/h4-12H2,1-3H3,(H,15,16);1H. The topological polar surface area (TPSA) is 47.9 Å². The molecule has 1 rings (SSSR count). The summed E-state index contributed by atoms with van der Waals surface area (Å²) < 4.78 is 0. The molecule has 1 heterocycles. The Morgan fingerprint density at radius 2 is 1.95 bits per heavy atom. The van der Waals surface area contributed by atoms with E-state index in [1.54, 1.807) is 0 Å². The summed E-state index contributed by atoms with van der Waals surface area (Å²) in [5.74, 6) is 0.986. The van der Waals surface area contributed by atoms with Gasteiger partial charge in [-0.2, -0.15) is 0 Å². The van der Waals surface area contributed by atoms with Crippen LogP contribution in [0.2, 0.25) is 0 Å². The molecule has 1 saturated heterocycles. The van der Waals surface area contributed by atoms with Crippen molar-refractivity contribution in [1.82, 2.24) is 15.1 Å². The van der Waals surface area contributed by atoms with Crippen molar-refractivity contribution in [2.45, 2.75) is 39.5 Å². The van der Waals surface area contributed by atoms with Gasteiger partial charge >= 0.3 is 0 Å². The fourth-order valence-corrected chi connectivity index (χ4v) is 2.18. The zero-order chi connectivity index (χ0) is 14.1. The molecule has 118 valence electrons. The molecule has 0 bridgehead atoms. The smallest absolute Gasteiger partial charge is 0.244 e. The third-order valence-electron chi connectivity index (χ3n) is 3.37. The van der Waals surface area contributed by atoms with Crippen molar-refractivity contribution in [3.63, 3.8) is 0 Å². The molecule has 1 amide bonds. The van der Waals surface area contributed by atoms with Crippen molar-refractivity contribution in [2.24, 2.45) is 4.99 Å². The van der Waals surface area contributed by atoms with Gasteiger partial charge in [-0.05, 0) is 26.2 Å². The van der Waals surface area contributed by atoms with Gasteiger partial charge in [0.2, 0.25) is 5.91 Å². The molecule has 5 nitrogen and oxygen atoms in total. The number of guanidine groups is 1. The van der Waals surface area contributed by atoms with Crippen LogP contribution in [0.25, 0.3) is 0 Å². The Bertz CT molecular complexity index is 304. The highest BCUT2D eigenvalue weighted by Gasteiger charge is 2.17. The second kappa shape index (κ2) is 11.2. The largest absolute Gasteiger partial charge is 0.357 e. The first-order valence-electron chi connectivity index (χ1n) is 7.46. The van der Waals surface area contributed by atoms with E-state index < -0.39 is 0 Å². The van der Waals surface area contributed by atoms with Crippen LogP contribution in [0.1, 0.15) is 39.5 Å². The Kier molecular flexibility index (Phi) is 10.9.